The van der Waals surface area contributed by atoms with Gasteiger partial charge in [0.1, 0.15) is 0 Å². The van der Waals surface area contributed by atoms with E-state index in [0.717, 1.165) is 13.1 Å². The molecule has 0 radical (unpaired) electrons. The van der Waals surface area contributed by atoms with Crippen molar-refractivity contribution in [2.24, 2.45) is 0 Å². The number of halogens is 2. The van der Waals surface area contributed by atoms with Gasteiger partial charge < -0.3 is 31.1 Å². The van der Waals surface area contributed by atoms with Gasteiger partial charge in [0, 0.05) is 2.74 Å². The Bertz CT molecular complexity index is 427. The van der Waals surface area contributed by atoms with E-state index in [2.05, 4.69) is 42.9 Å². The number of hydroxylamine groups is 2. The first-order chi connectivity index (χ1) is 17.3. The van der Waals surface area contributed by atoms with E-state index in [1.54, 1.807) is 44.1 Å². The molecule has 0 spiro atoms. The molecule has 2 amide bonds. The molecule has 0 aliphatic heterocycles. The van der Waals surface area contributed by atoms with Gasteiger partial charge >= 0.3 is 0 Å². The fraction of sp³-hybridized carbons (Fsp3) is 0.882. The van der Waals surface area contributed by atoms with Gasteiger partial charge in [-0.05, 0) is 13.1 Å². The quantitative estimate of drug-likeness (QED) is 0.0261. The topological polar surface area (TPSA) is 195 Å². The number of hydrogen-bond acceptors (Lipinski definition) is 12. The maximum Gasteiger partial charge on any atom is 0.234 e. The Labute approximate surface area is 242 Å². The SMILES string of the molecule is C.CCNCNC(=O)CNCNOCP([O-])I.CCNCNC(=O)CNCNOCP([O-])I.[2H]C.[2H]C. The molecule has 0 aromatic carbocycles. The molecule has 0 rings (SSSR count). The van der Waals surface area contributed by atoms with Gasteiger partial charge in [0.05, 0.1) is 52.5 Å². The summed E-state index contributed by atoms with van der Waals surface area (Å²) in [5, 5.41) is 16.9. The predicted molar refractivity (Wildman–Crippen MR) is 159 cm³/mol. The minimum Gasteiger partial charge on any atom is -0.820 e. The van der Waals surface area contributed by atoms with E-state index in [1.165, 1.54) is 14.8 Å². The molecule has 0 aromatic rings. The van der Waals surface area contributed by atoms with Gasteiger partial charge in [-0.2, -0.15) is 11.0 Å². The number of amides is 2. The summed E-state index contributed by atoms with van der Waals surface area (Å²) in [5.74, 6) is -2.84. The Morgan fingerprint density at radius 2 is 1.09 bits per heavy atom. The maximum atomic E-state index is 11.1. The summed E-state index contributed by atoms with van der Waals surface area (Å²) in [5.41, 5.74) is 5.09. The molecule has 35 heavy (non-hydrogen) atoms. The Kier molecular flexibility index (Phi) is 42.7. The summed E-state index contributed by atoms with van der Waals surface area (Å²) in [6, 6.07) is 0. The second-order valence-corrected chi connectivity index (χ2v) is 13.7. The lowest BCUT2D eigenvalue weighted by molar-refractivity contribution is -0.158. The second kappa shape index (κ2) is 37.0. The molecule has 0 saturated carbocycles. The van der Waals surface area contributed by atoms with E-state index in [0.29, 0.717) is 26.7 Å². The summed E-state index contributed by atoms with van der Waals surface area (Å²) < 4.78 is 11.5. The van der Waals surface area contributed by atoms with Gasteiger partial charge in [-0.15, -0.1) is 11.6 Å². The van der Waals surface area contributed by atoms with Gasteiger partial charge in [0.25, 0.3) is 0 Å². The molecule has 0 aliphatic carbocycles. The van der Waals surface area contributed by atoms with E-state index in [-0.39, 0.29) is 45.0 Å². The van der Waals surface area contributed by atoms with Crippen LogP contribution in [0.4, 0.5) is 0 Å². The zero-order valence-corrected chi connectivity index (χ0v) is 26.3. The van der Waals surface area contributed by atoms with Crippen LogP contribution in [0, 0.1) is 0 Å². The van der Waals surface area contributed by atoms with E-state index in [9.17, 15) is 19.4 Å². The van der Waals surface area contributed by atoms with Gasteiger partial charge in [0.15, 0.2) is 0 Å². The van der Waals surface area contributed by atoms with Gasteiger partial charge in [0.2, 0.25) is 11.8 Å². The molecule has 0 aliphatic rings. The smallest absolute Gasteiger partial charge is 0.234 e. The lowest BCUT2D eigenvalue weighted by Crippen LogP contribution is -2.41. The molecule has 0 heterocycles. The van der Waals surface area contributed by atoms with Crippen molar-refractivity contribution >= 4 is 67.5 Å². The third kappa shape index (κ3) is 45.2. The number of nitrogens with one attached hydrogen (secondary N) is 8. The van der Waals surface area contributed by atoms with Crippen LogP contribution in [0.3, 0.4) is 0 Å². The van der Waals surface area contributed by atoms with Crippen LogP contribution in [0.5, 0.6) is 0 Å². The zero-order chi connectivity index (χ0) is 28.5. The summed E-state index contributed by atoms with van der Waals surface area (Å²) >= 11 is 3.57. The van der Waals surface area contributed by atoms with Crippen molar-refractivity contribution in [3.05, 3.63) is 0 Å². The third-order valence-electron chi connectivity index (χ3n) is 2.82. The van der Waals surface area contributed by atoms with Crippen molar-refractivity contribution in [3.8, 4) is 0 Å². The molecule has 18 heteroatoms. The summed E-state index contributed by atoms with van der Waals surface area (Å²) in [6.45, 7) is 7.56. The molecule has 14 nitrogen and oxygen atoms in total. The molecule has 2 atom stereocenters. The molecular weight excluding hydrogens is 728 g/mol. The second-order valence-electron chi connectivity index (χ2n) is 5.44. The number of carbonyl (C=O) groups excluding carboxylic acids is 2. The first-order valence-corrected chi connectivity index (χ1v) is 18.1. The fourth-order valence-corrected chi connectivity index (χ4v) is 2.67. The van der Waals surface area contributed by atoms with E-state index in [4.69, 9.17) is 12.4 Å². The highest BCUT2D eigenvalue weighted by atomic mass is 127. The highest BCUT2D eigenvalue weighted by Crippen LogP contribution is 2.34. The molecule has 216 valence electrons. The molecule has 0 bridgehead atoms. The van der Waals surface area contributed by atoms with Crippen molar-refractivity contribution in [1.82, 2.24) is 42.9 Å². The van der Waals surface area contributed by atoms with Crippen molar-refractivity contribution in [2.75, 3.05) is 65.5 Å². The normalized spacial score (nSPS) is 11.8. The zero-order valence-electron chi connectivity index (χ0n) is 22.2. The molecule has 2 unspecified atom stereocenters. The minimum absolute atomic E-state index is 0. The molecule has 0 aromatic heterocycles. The van der Waals surface area contributed by atoms with Crippen molar-refractivity contribution in [1.29, 1.82) is 0 Å². The largest absolute Gasteiger partial charge is 0.820 e. The summed E-state index contributed by atoms with van der Waals surface area (Å²) in [4.78, 5) is 53.1. The van der Waals surface area contributed by atoms with Crippen molar-refractivity contribution in [2.45, 2.75) is 36.1 Å². The van der Waals surface area contributed by atoms with Crippen LogP contribution in [0.1, 0.15) is 38.8 Å². The van der Waals surface area contributed by atoms with E-state index < -0.39 is 11.6 Å². The molecule has 8 N–H and O–H groups in total. The Balaban J connectivity index is -0.000000158. The predicted octanol–water partition coefficient (Wildman–Crippen LogP) is -0.486. The van der Waals surface area contributed by atoms with Crippen LogP contribution >= 0.6 is 55.7 Å². The maximum absolute atomic E-state index is 11.1. The van der Waals surface area contributed by atoms with E-state index >= 15 is 0 Å². The van der Waals surface area contributed by atoms with Crippen molar-refractivity contribution < 1.29 is 31.8 Å². The average molecular weight is 776 g/mol. The number of carbonyl (C=O) groups is 2. The van der Waals surface area contributed by atoms with Crippen molar-refractivity contribution in [3.63, 3.8) is 0 Å². The van der Waals surface area contributed by atoms with Crippen LogP contribution in [-0.4, -0.2) is 77.4 Å². The average Bonchev–Trinajstić information content (AvgIpc) is 2.86. The van der Waals surface area contributed by atoms with Crippen LogP contribution in [-0.2, 0) is 19.3 Å². The number of hydrogen-bond donors (Lipinski definition) is 8. The first kappa shape index (κ1) is 40.4. The summed E-state index contributed by atoms with van der Waals surface area (Å²) in [7, 11) is 2.50. The molecule has 0 saturated heterocycles. The highest BCUT2D eigenvalue weighted by molar-refractivity contribution is 14.2. The highest BCUT2D eigenvalue weighted by Gasteiger charge is 1.98. The minimum atomic E-state index is -1.32. The van der Waals surface area contributed by atoms with Crippen LogP contribution < -0.4 is 52.6 Å². The van der Waals surface area contributed by atoms with E-state index in [1.807, 2.05) is 13.8 Å². The van der Waals surface area contributed by atoms with Crippen LogP contribution in [0.25, 0.3) is 0 Å². The number of rotatable bonds is 20. The molecular formula is C17H46I2N8O6P2-2. The monoisotopic (exact) mass is 776 g/mol. The Hall–Kier alpha value is 0.860. The van der Waals surface area contributed by atoms with Gasteiger partial charge in [-0.3, -0.25) is 29.9 Å². The molecule has 0 fully saturated rings. The lowest BCUT2D eigenvalue weighted by Gasteiger charge is -2.14. The fourth-order valence-electron chi connectivity index (χ4n) is 1.45. The van der Waals surface area contributed by atoms with Crippen LogP contribution in [0.15, 0.2) is 0 Å². The van der Waals surface area contributed by atoms with Gasteiger partial charge in [-0.25, -0.2) is 0 Å². The standard InChI is InChI=1S/2C7H17IN4O3P.3CH4/c2*1-2-9-4-11-7(13)3-10-5-12-15-6-16(8)14;;;/h2*9-10,12H,2-6H2,1H3,(H,11,13);3*1H4/q2*-1;;;/i;;2*1D;. The third-order valence-corrected chi connectivity index (χ3v) is 5.16. The Morgan fingerprint density at radius 3 is 1.37 bits per heavy atom. The lowest BCUT2D eigenvalue weighted by atomic mass is 10.6. The van der Waals surface area contributed by atoms with Crippen LogP contribution in [0.2, 0.25) is 0 Å². The first-order valence-electron chi connectivity index (χ1n) is 11.6. The Morgan fingerprint density at radius 1 is 0.743 bits per heavy atom. The van der Waals surface area contributed by atoms with Gasteiger partial charge in [-0.1, -0.05) is 80.2 Å². The summed E-state index contributed by atoms with van der Waals surface area (Å²) in [6.07, 6.45) is 0.314.